The zero-order valence-corrected chi connectivity index (χ0v) is 20.5. The van der Waals surface area contributed by atoms with Crippen molar-refractivity contribution in [2.24, 2.45) is 4.99 Å². The maximum atomic E-state index is 13.7. The Bertz CT molecular complexity index is 961. The molecule has 0 aliphatic rings. The van der Waals surface area contributed by atoms with Crippen LogP contribution in [0.5, 0.6) is 0 Å². The number of nitrogens with two attached hydrogens (primary N) is 2. The van der Waals surface area contributed by atoms with Gasteiger partial charge in [-0.15, -0.1) is 0 Å². The molecule has 0 fully saturated rings. The monoisotopic (exact) mass is 477 g/mol. The molecule has 1 aromatic heterocycles. The number of anilines is 3. The molecule has 0 bridgehead atoms. The van der Waals surface area contributed by atoms with Crippen molar-refractivity contribution >= 4 is 23.7 Å². The third-order valence-electron chi connectivity index (χ3n) is 5.17. The van der Waals surface area contributed by atoms with Crippen LogP contribution in [0.2, 0.25) is 0 Å². The van der Waals surface area contributed by atoms with E-state index in [1.165, 1.54) is 12.3 Å². The van der Waals surface area contributed by atoms with Gasteiger partial charge in [0.25, 0.3) is 6.43 Å². The van der Waals surface area contributed by atoms with Gasteiger partial charge in [-0.2, -0.15) is 4.98 Å². The van der Waals surface area contributed by atoms with Crippen LogP contribution in [0.3, 0.4) is 0 Å². The number of benzene rings is 1. The summed E-state index contributed by atoms with van der Waals surface area (Å²) < 4.78 is 27.4. The summed E-state index contributed by atoms with van der Waals surface area (Å²) in [5.74, 6) is 0.453. The number of nitrogen functional groups attached to an aromatic ring is 2. The standard InChI is InChI=1S/C24H37F2N7O/c1-5-6-9-33(10-11-34)22-20(27)19(31-23(28)32-22)15-29-14-17-8-7-16(12-18(17)21(25)26)13-30-24(2,3)4/h7-8,12,15,21,30,34H,5-6,9-11,13-14,27H2,1-4H3,(H2,28,31,32). The SMILES string of the molecule is CCCCN(CCO)c1nc(N)nc(C=NCc2ccc(CNC(C)(C)C)cc2C(F)F)c1N. The van der Waals surface area contributed by atoms with Crippen LogP contribution in [0.4, 0.5) is 26.2 Å². The van der Waals surface area contributed by atoms with E-state index < -0.39 is 6.43 Å². The van der Waals surface area contributed by atoms with Gasteiger partial charge >= 0.3 is 0 Å². The number of nitrogens with zero attached hydrogens (tertiary/aromatic N) is 4. The first-order valence-electron chi connectivity index (χ1n) is 11.5. The maximum absolute atomic E-state index is 13.7. The second-order valence-corrected chi connectivity index (χ2v) is 9.18. The van der Waals surface area contributed by atoms with Gasteiger partial charge < -0.3 is 26.8 Å². The van der Waals surface area contributed by atoms with Crippen molar-refractivity contribution < 1.29 is 13.9 Å². The largest absolute Gasteiger partial charge is 0.395 e. The zero-order chi connectivity index (χ0) is 25.3. The minimum atomic E-state index is -2.61. The predicted molar refractivity (Wildman–Crippen MR) is 134 cm³/mol. The van der Waals surface area contributed by atoms with E-state index >= 15 is 0 Å². The third-order valence-corrected chi connectivity index (χ3v) is 5.17. The zero-order valence-electron chi connectivity index (χ0n) is 20.5. The van der Waals surface area contributed by atoms with E-state index in [4.69, 9.17) is 11.5 Å². The fraction of sp³-hybridized carbons (Fsp3) is 0.542. The fourth-order valence-corrected chi connectivity index (χ4v) is 3.32. The summed E-state index contributed by atoms with van der Waals surface area (Å²) in [7, 11) is 0. The molecule has 188 valence electrons. The second-order valence-electron chi connectivity index (χ2n) is 9.18. The van der Waals surface area contributed by atoms with Crippen molar-refractivity contribution in [1.82, 2.24) is 15.3 Å². The third kappa shape index (κ3) is 8.18. The van der Waals surface area contributed by atoms with Crippen LogP contribution < -0.4 is 21.7 Å². The molecule has 0 radical (unpaired) electrons. The van der Waals surface area contributed by atoms with E-state index in [9.17, 15) is 13.9 Å². The van der Waals surface area contributed by atoms with Gasteiger partial charge in [-0.25, -0.2) is 13.8 Å². The van der Waals surface area contributed by atoms with Crippen molar-refractivity contribution in [3.05, 3.63) is 40.6 Å². The maximum Gasteiger partial charge on any atom is 0.264 e. The lowest BCUT2D eigenvalue weighted by molar-refractivity contribution is 0.150. The topological polar surface area (TPSA) is 126 Å². The van der Waals surface area contributed by atoms with E-state index in [0.717, 1.165) is 18.4 Å². The first-order valence-corrected chi connectivity index (χ1v) is 11.5. The number of hydrogen-bond donors (Lipinski definition) is 4. The van der Waals surface area contributed by atoms with Crippen LogP contribution in [0.1, 0.15) is 69.3 Å². The number of rotatable bonds is 12. The van der Waals surface area contributed by atoms with Crippen molar-refractivity contribution in [3.8, 4) is 0 Å². The molecule has 0 unspecified atom stereocenters. The highest BCUT2D eigenvalue weighted by Gasteiger charge is 2.17. The van der Waals surface area contributed by atoms with Gasteiger partial charge in [0.15, 0.2) is 5.82 Å². The Kier molecular flexibility index (Phi) is 10.1. The minimum Gasteiger partial charge on any atom is -0.395 e. The van der Waals surface area contributed by atoms with Crippen molar-refractivity contribution in [3.63, 3.8) is 0 Å². The Morgan fingerprint density at radius 2 is 1.94 bits per heavy atom. The second kappa shape index (κ2) is 12.6. The molecule has 0 aliphatic heterocycles. The van der Waals surface area contributed by atoms with E-state index in [1.807, 2.05) is 31.7 Å². The molecular formula is C24H37F2N7O. The van der Waals surface area contributed by atoms with Crippen LogP contribution in [-0.4, -0.2) is 46.5 Å². The van der Waals surface area contributed by atoms with Crippen molar-refractivity contribution in [1.29, 1.82) is 0 Å². The Balaban J connectivity index is 2.25. The van der Waals surface area contributed by atoms with Gasteiger partial charge in [0.1, 0.15) is 11.4 Å². The van der Waals surface area contributed by atoms with Crippen LogP contribution in [0.15, 0.2) is 23.2 Å². The molecule has 6 N–H and O–H groups in total. The van der Waals surface area contributed by atoms with Crippen LogP contribution >= 0.6 is 0 Å². The Hall–Kier alpha value is -2.85. The van der Waals surface area contributed by atoms with E-state index in [2.05, 4.69) is 27.2 Å². The number of halogens is 2. The predicted octanol–water partition coefficient (Wildman–Crippen LogP) is 3.68. The van der Waals surface area contributed by atoms with Crippen LogP contribution in [0.25, 0.3) is 0 Å². The number of alkyl halides is 2. The number of unbranched alkanes of at least 4 members (excludes halogenated alkanes) is 1. The highest BCUT2D eigenvalue weighted by molar-refractivity contribution is 5.89. The summed E-state index contributed by atoms with van der Waals surface area (Å²) in [6.07, 6.45) is 0.674. The molecular weight excluding hydrogens is 440 g/mol. The van der Waals surface area contributed by atoms with E-state index in [0.29, 0.717) is 36.7 Å². The number of aliphatic hydroxyl groups is 1. The molecule has 8 nitrogen and oxygen atoms in total. The summed E-state index contributed by atoms with van der Waals surface area (Å²) in [5, 5.41) is 12.7. The molecule has 0 spiro atoms. The number of aliphatic hydroxyl groups excluding tert-OH is 1. The lowest BCUT2D eigenvalue weighted by Crippen LogP contribution is -2.35. The average Bonchev–Trinajstić information content (AvgIpc) is 2.77. The van der Waals surface area contributed by atoms with Crippen molar-refractivity contribution in [2.45, 2.75) is 65.6 Å². The smallest absolute Gasteiger partial charge is 0.264 e. The fourth-order valence-electron chi connectivity index (χ4n) is 3.32. The Morgan fingerprint density at radius 3 is 2.56 bits per heavy atom. The number of aliphatic imine (C=N–C) groups is 1. The van der Waals surface area contributed by atoms with Gasteiger partial charge in [-0.05, 0) is 44.4 Å². The lowest BCUT2D eigenvalue weighted by Gasteiger charge is -2.24. The highest BCUT2D eigenvalue weighted by atomic mass is 19.3. The summed E-state index contributed by atoms with van der Waals surface area (Å²) in [4.78, 5) is 14.6. The average molecular weight is 478 g/mol. The normalized spacial score (nSPS) is 12.1. The summed E-state index contributed by atoms with van der Waals surface area (Å²) >= 11 is 0. The van der Waals surface area contributed by atoms with E-state index in [1.54, 1.807) is 6.07 Å². The molecule has 2 aromatic rings. The highest BCUT2D eigenvalue weighted by Crippen LogP contribution is 2.26. The van der Waals surface area contributed by atoms with Gasteiger partial charge in [0.05, 0.1) is 13.2 Å². The van der Waals surface area contributed by atoms with Gasteiger partial charge in [0.2, 0.25) is 5.95 Å². The van der Waals surface area contributed by atoms with Gasteiger partial charge in [-0.3, -0.25) is 4.99 Å². The molecule has 0 aliphatic carbocycles. The molecule has 10 heteroatoms. The molecule has 2 rings (SSSR count). The van der Waals surface area contributed by atoms with Crippen molar-refractivity contribution in [2.75, 3.05) is 36.1 Å². The van der Waals surface area contributed by atoms with Crippen LogP contribution in [-0.2, 0) is 13.1 Å². The van der Waals surface area contributed by atoms with Gasteiger partial charge in [-0.1, -0.05) is 25.5 Å². The minimum absolute atomic E-state index is 0.0223. The molecule has 34 heavy (non-hydrogen) atoms. The number of aromatic nitrogens is 2. The Labute approximate surface area is 200 Å². The molecule has 0 atom stereocenters. The summed E-state index contributed by atoms with van der Waals surface area (Å²) in [6.45, 7) is 9.61. The quantitative estimate of drug-likeness (QED) is 0.344. The summed E-state index contributed by atoms with van der Waals surface area (Å²) in [5.41, 5.74) is 13.8. The first kappa shape index (κ1) is 27.4. The molecule has 1 heterocycles. The first-order chi connectivity index (χ1) is 16.1. The van der Waals surface area contributed by atoms with Gasteiger partial charge in [0, 0.05) is 37.0 Å². The molecule has 1 aromatic carbocycles. The van der Waals surface area contributed by atoms with Crippen LogP contribution in [0, 0.1) is 0 Å². The summed E-state index contributed by atoms with van der Waals surface area (Å²) in [6, 6.07) is 5.02. The molecule has 0 saturated carbocycles. The number of hydrogen-bond acceptors (Lipinski definition) is 8. The van der Waals surface area contributed by atoms with E-state index in [-0.39, 0.29) is 35.9 Å². The molecule has 0 amide bonds. The lowest BCUT2D eigenvalue weighted by atomic mass is 10.0. The number of nitrogens with one attached hydrogen (secondary N) is 1. The molecule has 0 saturated heterocycles. The Morgan fingerprint density at radius 1 is 1.21 bits per heavy atom.